The van der Waals surface area contributed by atoms with Crippen molar-refractivity contribution in [3.05, 3.63) is 71.8 Å². The summed E-state index contributed by atoms with van der Waals surface area (Å²) in [7, 11) is 0. The van der Waals surface area contributed by atoms with Gasteiger partial charge in [0, 0.05) is 36.6 Å². The van der Waals surface area contributed by atoms with Crippen LogP contribution in [0.15, 0.2) is 75.9 Å². The molecule has 1 aliphatic rings. The van der Waals surface area contributed by atoms with Crippen molar-refractivity contribution < 1.29 is 27.8 Å². The number of hydrogen-bond donors (Lipinski definition) is 1. The number of ether oxygens (including phenoxy) is 2. The molecule has 1 N–H and O–H groups in total. The van der Waals surface area contributed by atoms with Gasteiger partial charge in [0.1, 0.15) is 0 Å². The zero-order chi connectivity index (χ0) is 25.5. The minimum absolute atomic E-state index is 0.0476. The Hall–Kier alpha value is -3.92. The van der Waals surface area contributed by atoms with Gasteiger partial charge < -0.3 is 19.5 Å². The highest BCUT2D eigenvalue weighted by Gasteiger charge is 2.30. The van der Waals surface area contributed by atoms with Crippen LogP contribution in [0.2, 0.25) is 0 Å². The van der Waals surface area contributed by atoms with Crippen molar-refractivity contribution in [1.82, 2.24) is 0 Å². The van der Waals surface area contributed by atoms with E-state index in [2.05, 4.69) is 20.1 Å². The largest absolute Gasteiger partial charge is 0.504 e. The Kier molecular flexibility index (Phi) is 7.84. The van der Waals surface area contributed by atoms with Crippen LogP contribution in [0.25, 0.3) is 0 Å². The number of rotatable bonds is 7. The van der Waals surface area contributed by atoms with E-state index in [4.69, 9.17) is 9.47 Å². The molecule has 0 aliphatic carbocycles. The van der Waals surface area contributed by atoms with Gasteiger partial charge in [0.05, 0.1) is 42.4 Å². The summed E-state index contributed by atoms with van der Waals surface area (Å²) in [6.07, 6.45) is -3.00. The van der Waals surface area contributed by atoms with Crippen molar-refractivity contribution in [2.45, 2.75) is 13.1 Å². The molecule has 0 bridgehead atoms. The highest BCUT2D eigenvalue weighted by Crippen LogP contribution is 2.36. The van der Waals surface area contributed by atoms with Crippen molar-refractivity contribution in [1.29, 1.82) is 0 Å². The van der Waals surface area contributed by atoms with Gasteiger partial charge in [-0.3, -0.25) is 4.99 Å². The first-order chi connectivity index (χ1) is 17.3. The number of aliphatic imine (C=N–C) groups is 1. The number of aromatic hydroxyl groups is 1. The number of halogens is 3. The maximum Gasteiger partial charge on any atom is 0.416 e. The standard InChI is InChI=1S/C26H25F3N4O3/c1-2-36-24-16-22(32-31-21-5-3-4-19(15-21)26(27,28)29)14-18(25(24)34)17-30-20-6-8-23(9-7-20)33-10-12-35-13-11-33/h3-9,14-17,34H,2,10-13H2,1H3. The Morgan fingerprint density at radius 1 is 0.972 bits per heavy atom. The molecular formula is C26H25F3N4O3. The average molecular weight is 499 g/mol. The Morgan fingerprint density at radius 2 is 1.69 bits per heavy atom. The number of morpholine rings is 1. The zero-order valence-electron chi connectivity index (χ0n) is 19.6. The van der Waals surface area contributed by atoms with Gasteiger partial charge in [0.2, 0.25) is 0 Å². The molecule has 3 aromatic rings. The molecule has 0 aromatic heterocycles. The molecule has 0 amide bonds. The predicted molar refractivity (Wildman–Crippen MR) is 132 cm³/mol. The number of phenols is 1. The first-order valence-electron chi connectivity index (χ1n) is 11.4. The fourth-order valence-corrected chi connectivity index (χ4v) is 3.61. The third-order valence-electron chi connectivity index (χ3n) is 5.42. The van der Waals surface area contributed by atoms with Crippen molar-refractivity contribution in [2.75, 3.05) is 37.8 Å². The summed E-state index contributed by atoms with van der Waals surface area (Å²) in [4.78, 5) is 6.67. The first kappa shape index (κ1) is 25.2. The molecule has 0 spiro atoms. The maximum atomic E-state index is 13.0. The highest BCUT2D eigenvalue weighted by atomic mass is 19.4. The summed E-state index contributed by atoms with van der Waals surface area (Å²) in [5, 5.41) is 18.6. The van der Waals surface area contributed by atoms with Crippen LogP contribution < -0.4 is 9.64 Å². The van der Waals surface area contributed by atoms with Crippen molar-refractivity contribution in [3.63, 3.8) is 0 Å². The summed E-state index contributed by atoms with van der Waals surface area (Å²) in [5.74, 6) is 0.0469. The third kappa shape index (κ3) is 6.39. The Bertz CT molecular complexity index is 1240. The van der Waals surface area contributed by atoms with E-state index in [-0.39, 0.29) is 22.9 Å². The van der Waals surface area contributed by atoms with Gasteiger partial charge in [-0.1, -0.05) is 6.07 Å². The summed E-state index contributed by atoms with van der Waals surface area (Å²) in [6.45, 7) is 5.12. The quantitative estimate of drug-likeness (QED) is 0.287. The van der Waals surface area contributed by atoms with Crippen molar-refractivity contribution >= 4 is 29.0 Å². The van der Waals surface area contributed by atoms with Gasteiger partial charge in [-0.25, -0.2) is 0 Å². The van der Waals surface area contributed by atoms with Crippen LogP contribution in [-0.2, 0) is 10.9 Å². The zero-order valence-corrected chi connectivity index (χ0v) is 19.6. The molecule has 1 aliphatic heterocycles. The average Bonchev–Trinajstić information content (AvgIpc) is 2.89. The highest BCUT2D eigenvalue weighted by molar-refractivity contribution is 5.88. The number of phenolic OH excluding ortho intramolecular Hbond substituents is 1. The third-order valence-corrected chi connectivity index (χ3v) is 5.42. The van der Waals surface area contributed by atoms with E-state index in [1.54, 1.807) is 6.92 Å². The van der Waals surface area contributed by atoms with Crippen molar-refractivity contribution in [2.24, 2.45) is 15.2 Å². The summed E-state index contributed by atoms with van der Waals surface area (Å²) in [6, 6.07) is 15.3. The lowest BCUT2D eigenvalue weighted by Gasteiger charge is -2.28. The fourth-order valence-electron chi connectivity index (χ4n) is 3.61. The molecule has 188 valence electrons. The Balaban J connectivity index is 1.56. The molecule has 0 saturated carbocycles. The lowest BCUT2D eigenvalue weighted by molar-refractivity contribution is -0.137. The van der Waals surface area contributed by atoms with Crippen LogP contribution in [0.3, 0.4) is 0 Å². The first-order valence-corrected chi connectivity index (χ1v) is 11.4. The van der Waals surface area contributed by atoms with Crippen LogP contribution in [0.1, 0.15) is 18.1 Å². The van der Waals surface area contributed by atoms with E-state index in [0.29, 0.717) is 31.1 Å². The second-order valence-electron chi connectivity index (χ2n) is 7.94. The summed E-state index contributed by atoms with van der Waals surface area (Å²) < 4.78 is 49.8. The van der Waals surface area contributed by atoms with Gasteiger partial charge >= 0.3 is 6.18 Å². The predicted octanol–water partition coefficient (Wildman–Crippen LogP) is 6.81. The van der Waals surface area contributed by atoms with Crippen LogP contribution in [0.4, 0.5) is 35.9 Å². The minimum Gasteiger partial charge on any atom is -0.504 e. The number of alkyl halides is 3. The lowest BCUT2D eigenvalue weighted by atomic mass is 10.1. The van der Waals surface area contributed by atoms with Crippen LogP contribution in [-0.4, -0.2) is 44.2 Å². The number of anilines is 1. The number of hydrogen-bond acceptors (Lipinski definition) is 7. The molecule has 0 atom stereocenters. The Labute approximate surface area is 206 Å². The van der Waals surface area contributed by atoms with Gasteiger partial charge in [-0.2, -0.15) is 23.4 Å². The monoisotopic (exact) mass is 498 g/mol. The molecule has 4 rings (SSSR count). The second kappa shape index (κ2) is 11.2. The minimum atomic E-state index is -4.48. The fraction of sp³-hybridized carbons (Fsp3) is 0.269. The van der Waals surface area contributed by atoms with Crippen LogP contribution >= 0.6 is 0 Å². The van der Waals surface area contributed by atoms with E-state index in [1.165, 1.54) is 30.5 Å². The molecule has 1 saturated heterocycles. The normalized spacial score (nSPS) is 14.6. The van der Waals surface area contributed by atoms with E-state index >= 15 is 0 Å². The summed E-state index contributed by atoms with van der Waals surface area (Å²) in [5.41, 5.74) is 1.61. The molecule has 3 aromatic carbocycles. The van der Waals surface area contributed by atoms with E-state index < -0.39 is 11.7 Å². The second-order valence-corrected chi connectivity index (χ2v) is 7.94. The molecule has 1 heterocycles. The van der Waals surface area contributed by atoms with Gasteiger partial charge in [-0.05, 0) is 55.5 Å². The SMILES string of the molecule is CCOc1cc(N=Nc2cccc(C(F)(F)F)c2)cc(C=Nc2ccc(N3CCOCC3)cc2)c1O. The molecule has 10 heteroatoms. The molecule has 7 nitrogen and oxygen atoms in total. The van der Waals surface area contributed by atoms with Gasteiger partial charge in [-0.15, -0.1) is 0 Å². The molecular weight excluding hydrogens is 473 g/mol. The molecule has 0 radical (unpaired) electrons. The van der Waals surface area contributed by atoms with Crippen molar-refractivity contribution in [3.8, 4) is 11.5 Å². The smallest absolute Gasteiger partial charge is 0.416 e. The number of benzene rings is 3. The number of nitrogens with zero attached hydrogens (tertiary/aromatic N) is 4. The van der Waals surface area contributed by atoms with E-state index in [0.717, 1.165) is 30.9 Å². The molecule has 1 fully saturated rings. The van der Waals surface area contributed by atoms with Crippen LogP contribution in [0.5, 0.6) is 11.5 Å². The lowest BCUT2D eigenvalue weighted by Crippen LogP contribution is -2.36. The maximum absolute atomic E-state index is 13.0. The summed E-state index contributed by atoms with van der Waals surface area (Å²) >= 11 is 0. The van der Waals surface area contributed by atoms with Crippen LogP contribution in [0, 0.1) is 0 Å². The van der Waals surface area contributed by atoms with Gasteiger partial charge in [0.25, 0.3) is 0 Å². The molecule has 36 heavy (non-hydrogen) atoms. The number of azo groups is 1. The Morgan fingerprint density at radius 3 is 2.39 bits per heavy atom. The van der Waals surface area contributed by atoms with E-state index in [1.807, 2.05) is 24.3 Å². The van der Waals surface area contributed by atoms with Gasteiger partial charge in [0.15, 0.2) is 11.5 Å². The van der Waals surface area contributed by atoms with E-state index in [9.17, 15) is 18.3 Å². The topological polar surface area (TPSA) is 79.0 Å². The molecule has 0 unspecified atom stereocenters.